The summed E-state index contributed by atoms with van der Waals surface area (Å²) >= 11 is 0. The Balaban J connectivity index is 1.32. The molecule has 6 nitrogen and oxygen atoms in total. The van der Waals surface area contributed by atoms with Gasteiger partial charge in [-0.25, -0.2) is 9.97 Å². The van der Waals surface area contributed by atoms with Gasteiger partial charge in [0.05, 0.1) is 5.39 Å². The number of H-pyrrole nitrogens is 1. The number of rotatable bonds is 3. The number of aromatic nitrogens is 3. The smallest absolute Gasteiger partial charge is 0.223 e. The number of piperidine rings is 3. The van der Waals surface area contributed by atoms with Gasteiger partial charge < -0.3 is 14.8 Å². The molecule has 1 N–H and O–H groups in total. The van der Waals surface area contributed by atoms with Gasteiger partial charge >= 0.3 is 0 Å². The molecule has 4 atom stereocenters. The number of hydrogen-bond acceptors (Lipinski definition) is 4. The van der Waals surface area contributed by atoms with Crippen LogP contribution in [0.25, 0.3) is 11.0 Å². The largest absolute Gasteiger partial charge is 0.355 e. The lowest BCUT2D eigenvalue weighted by molar-refractivity contribution is -0.149. The molecule has 160 valence electrons. The Bertz CT molecular complexity index is 919. The van der Waals surface area contributed by atoms with Crippen LogP contribution in [0.3, 0.4) is 0 Å². The van der Waals surface area contributed by atoms with Crippen molar-refractivity contribution < 1.29 is 4.79 Å². The number of nitrogens with one attached hydrogen (secondary N) is 1. The molecule has 3 aliphatic heterocycles. The quantitative estimate of drug-likeness (QED) is 0.831. The van der Waals surface area contributed by atoms with Crippen LogP contribution in [0.1, 0.15) is 64.2 Å². The molecule has 2 bridgehead atoms. The molecule has 6 heteroatoms. The first kappa shape index (κ1) is 18.6. The Morgan fingerprint density at radius 2 is 1.90 bits per heavy atom. The third kappa shape index (κ3) is 3.10. The van der Waals surface area contributed by atoms with Crippen molar-refractivity contribution in [2.45, 2.75) is 76.3 Å². The summed E-state index contributed by atoms with van der Waals surface area (Å²) in [7, 11) is 0. The average molecular weight is 408 g/mol. The van der Waals surface area contributed by atoms with Crippen LogP contribution in [0, 0.1) is 17.8 Å². The Kier molecular flexibility index (Phi) is 4.69. The second-order valence-corrected chi connectivity index (χ2v) is 10.2. The van der Waals surface area contributed by atoms with E-state index < -0.39 is 0 Å². The average Bonchev–Trinajstić information content (AvgIpc) is 3.26. The van der Waals surface area contributed by atoms with Crippen molar-refractivity contribution in [2.24, 2.45) is 17.8 Å². The highest BCUT2D eigenvalue weighted by Crippen LogP contribution is 2.45. The van der Waals surface area contributed by atoms with Crippen molar-refractivity contribution in [3.63, 3.8) is 0 Å². The molecule has 0 unspecified atom stereocenters. The molecule has 30 heavy (non-hydrogen) atoms. The monoisotopic (exact) mass is 407 g/mol. The Hall–Kier alpha value is -2.11. The van der Waals surface area contributed by atoms with Crippen LogP contribution in [0.4, 0.5) is 5.82 Å². The van der Waals surface area contributed by atoms with Crippen molar-refractivity contribution >= 4 is 22.8 Å². The molecule has 4 fully saturated rings. The van der Waals surface area contributed by atoms with Gasteiger partial charge in [0.2, 0.25) is 5.91 Å². The molecule has 1 saturated carbocycles. The molecule has 0 aromatic carbocycles. The van der Waals surface area contributed by atoms with Crippen molar-refractivity contribution in [3.8, 4) is 0 Å². The zero-order valence-corrected chi connectivity index (χ0v) is 17.8. The van der Waals surface area contributed by atoms with Gasteiger partial charge in [-0.2, -0.15) is 0 Å². The lowest BCUT2D eigenvalue weighted by atomic mass is 9.69. The van der Waals surface area contributed by atoms with Gasteiger partial charge in [-0.05, 0) is 49.5 Å². The van der Waals surface area contributed by atoms with E-state index in [1.54, 1.807) is 6.33 Å². The second-order valence-electron chi connectivity index (χ2n) is 10.2. The van der Waals surface area contributed by atoms with E-state index in [1.165, 1.54) is 51.4 Å². The zero-order valence-electron chi connectivity index (χ0n) is 17.8. The number of carbonyl (C=O) groups is 1. The predicted octanol–water partition coefficient (Wildman–Crippen LogP) is 4.13. The van der Waals surface area contributed by atoms with Gasteiger partial charge in [0.15, 0.2) is 0 Å². The first-order valence-corrected chi connectivity index (χ1v) is 12.1. The Labute approximate surface area is 178 Å². The van der Waals surface area contributed by atoms with Crippen molar-refractivity contribution in [3.05, 3.63) is 18.6 Å². The highest BCUT2D eigenvalue weighted by Gasteiger charge is 2.50. The first-order valence-electron chi connectivity index (χ1n) is 12.1. The third-order valence-electron chi connectivity index (χ3n) is 8.43. The zero-order chi connectivity index (χ0) is 20.1. The first-order chi connectivity index (χ1) is 14.8. The fraction of sp³-hybridized carbons (Fsp3) is 0.708. The highest BCUT2D eigenvalue weighted by molar-refractivity contribution is 5.87. The number of amides is 1. The maximum absolute atomic E-state index is 13.1. The standard InChI is InChI=1S/C24H33N5O/c30-22-8-4-7-20-17-12-18(21(29(20)22)11-16-5-2-1-3-6-16)14-28(13-17)24-19-9-10-25-23(19)26-15-27-24/h9-10,15-18,20-21H,1-8,11-14H2,(H,25,26,27)/t17-,18+,20+,21+/m1/s1. The summed E-state index contributed by atoms with van der Waals surface area (Å²) in [5.41, 5.74) is 0.920. The molecule has 0 radical (unpaired) electrons. The molecule has 3 saturated heterocycles. The summed E-state index contributed by atoms with van der Waals surface area (Å²) < 4.78 is 0. The summed E-state index contributed by atoms with van der Waals surface area (Å²) in [5, 5.41) is 1.12. The number of anilines is 1. The minimum Gasteiger partial charge on any atom is -0.355 e. The maximum atomic E-state index is 13.1. The minimum absolute atomic E-state index is 0.425. The molecule has 1 amide bonds. The van der Waals surface area contributed by atoms with Gasteiger partial charge in [-0.15, -0.1) is 0 Å². The van der Waals surface area contributed by atoms with E-state index in [-0.39, 0.29) is 0 Å². The molecule has 6 rings (SSSR count). The normalized spacial score (nSPS) is 32.5. The summed E-state index contributed by atoms with van der Waals surface area (Å²) in [5.74, 6) is 3.45. The summed E-state index contributed by atoms with van der Waals surface area (Å²) in [6.07, 6.45) is 16.0. The van der Waals surface area contributed by atoms with Crippen LogP contribution in [0.5, 0.6) is 0 Å². The number of fused-ring (bicyclic) bond motifs is 5. The summed E-state index contributed by atoms with van der Waals surface area (Å²) in [6.45, 7) is 2.03. The molecule has 0 spiro atoms. The van der Waals surface area contributed by atoms with Crippen LogP contribution < -0.4 is 4.90 Å². The number of carbonyl (C=O) groups excluding carboxylic acids is 1. The van der Waals surface area contributed by atoms with Crippen molar-refractivity contribution in [1.29, 1.82) is 0 Å². The van der Waals surface area contributed by atoms with Gasteiger partial charge in [-0.3, -0.25) is 4.79 Å². The fourth-order valence-electron chi connectivity index (χ4n) is 7.13. The summed E-state index contributed by atoms with van der Waals surface area (Å²) in [4.78, 5) is 30.3. The number of aromatic amines is 1. The minimum atomic E-state index is 0.425. The molecular formula is C24H33N5O. The predicted molar refractivity (Wildman–Crippen MR) is 117 cm³/mol. The molecule has 5 heterocycles. The van der Waals surface area contributed by atoms with E-state index in [0.717, 1.165) is 48.7 Å². The Morgan fingerprint density at radius 3 is 2.80 bits per heavy atom. The van der Waals surface area contributed by atoms with Gasteiger partial charge in [0, 0.05) is 37.8 Å². The molecule has 2 aromatic rings. The molecular weight excluding hydrogens is 374 g/mol. The van der Waals surface area contributed by atoms with Crippen molar-refractivity contribution in [1.82, 2.24) is 19.9 Å². The Morgan fingerprint density at radius 1 is 1.03 bits per heavy atom. The van der Waals surface area contributed by atoms with Gasteiger partial charge in [-0.1, -0.05) is 32.1 Å². The SMILES string of the molecule is O=C1CCC[C@H]2[C@@H]3C[C@@H](CN(c4ncnc5[nH]ccc45)C3)[C@H](CC3CCCCC3)N12. The number of hydrogen-bond donors (Lipinski definition) is 1. The van der Waals surface area contributed by atoms with E-state index >= 15 is 0 Å². The van der Waals surface area contributed by atoms with E-state index in [2.05, 4.69) is 25.8 Å². The van der Waals surface area contributed by atoms with Crippen LogP contribution >= 0.6 is 0 Å². The maximum Gasteiger partial charge on any atom is 0.223 e. The number of nitrogens with zero attached hydrogens (tertiary/aromatic N) is 4. The highest BCUT2D eigenvalue weighted by atomic mass is 16.2. The van der Waals surface area contributed by atoms with Crippen LogP contribution in [0.15, 0.2) is 18.6 Å². The third-order valence-corrected chi connectivity index (χ3v) is 8.43. The van der Waals surface area contributed by atoms with Gasteiger partial charge in [0.1, 0.15) is 17.8 Å². The van der Waals surface area contributed by atoms with E-state index in [0.29, 0.717) is 29.8 Å². The lowest BCUT2D eigenvalue weighted by Gasteiger charge is -2.57. The molecule has 2 aromatic heterocycles. The lowest BCUT2D eigenvalue weighted by Crippen LogP contribution is -2.65. The van der Waals surface area contributed by atoms with E-state index in [4.69, 9.17) is 4.98 Å². The molecule has 4 aliphatic rings. The van der Waals surface area contributed by atoms with E-state index in [1.807, 2.05) is 6.20 Å². The topological polar surface area (TPSA) is 65.1 Å². The van der Waals surface area contributed by atoms with Crippen LogP contribution in [-0.2, 0) is 4.79 Å². The van der Waals surface area contributed by atoms with Crippen molar-refractivity contribution in [2.75, 3.05) is 18.0 Å². The van der Waals surface area contributed by atoms with E-state index in [9.17, 15) is 4.79 Å². The van der Waals surface area contributed by atoms with Crippen LogP contribution in [0.2, 0.25) is 0 Å². The second kappa shape index (κ2) is 7.54. The van der Waals surface area contributed by atoms with Crippen LogP contribution in [-0.4, -0.2) is 50.9 Å². The fourth-order valence-corrected chi connectivity index (χ4v) is 7.13. The van der Waals surface area contributed by atoms with Gasteiger partial charge in [0.25, 0.3) is 0 Å². The molecule has 1 aliphatic carbocycles. The summed E-state index contributed by atoms with van der Waals surface area (Å²) in [6, 6.07) is 2.96.